The highest BCUT2D eigenvalue weighted by molar-refractivity contribution is 5.50. The SMILES string of the molecule is CN(CC#N)c1cc(N2CCCCC2)ncn1. The van der Waals surface area contributed by atoms with E-state index in [1.807, 2.05) is 18.0 Å². The monoisotopic (exact) mass is 231 g/mol. The molecule has 1 aliphatic rings. The molecule has 0 atom stereocenters. The fraction of sp³-hybridized carbons (Fsp3) is 0.583. The quantitative estimate of drug-likeness (QED) is 0.736. The molecule has 5 nitrogen and oxygen atoms in total. The summed E-state index contributed by atoms with van der Waals surface area (Å²) in [5.74, 6) is 1.78. The maximum absolute atomic E-state index is 8.67. The number of nitriles is 1. The first-order chi connectivity index (χ1) is 8.31. The van der Waals surface area contributed by atoms with E-state index in [4.69, 9.17) is 5.26 Å². The molecule has 1 aromatic heterocycles. The van der Waals surface area contributed by atoms with E-state index in [1.54, 1.807) is 6.33 Å². The minimum atomic E-state index is 0.344. The number of hydrogen-bond acceptors (Lipinski definition) is 5. The van der Waals surface area contributed by atoms with Crippen LogP contribution in [0.3, 0.4) is 0 Å². The lowest BCUT2D eigenvalue weighted by Crippen LogP contribution is -2.30. The van der Waals surface area contributed by atoms with Crippen molar-refractivity contribution in [3.8, 4) is 6.07 Å². The van der Waals surface area contributed by atoms with Crippen LogP contribution in [0.15, 0.2) is 12.4 Å². The summed E-state index contributed by atoms with van der Waals surface area (Å²) >= 11 is 0. The van der Waals surface area contributed by atoms with Gasteiger partial charge in [-0.05, 0) is 19.3 Å². The van der Waals surface area contributed by atoms with Gasteiger partial charge < -0.3 is 9.80 Å². The average molecular weight is 231 g/mol. The zero-order valence-corrected chi connectivity index (χ0v) is 10.1. The van der Waals surface area contributed by atoms with Crippen LogP contribution in [0.25, 0.3) is 0 Å². The molecule has 0 saturated carbocycles. The highest BCUT2D eigenvalue weighted by Crippen LogP contribution is 2.20. The molecule has 1 aromatic rings. The second-order valence-corrected chi connectivity index (χ2v) is 4.30. The van der Waals surface area contributed by atoms with Gasteiger partial charge in [-0.15, -0.1) is 0 Å². The van der Waals surface area contributed by atoms with Gasteiger partial charge in [0.1, 0.15) is 24.5 Å². The van der Waals surface area contributed by atoms with Gasteiger partial charge in [0, 0.05) is 26.2 Å². The molecule has 0 radical (unpaired) electrons. The molecule has 2 rings (SSSR count). The van der Waals surface area contributed by atoms with E-state index in [0.717, 1.165) is 24.7 Å². The van der Waals surface area contributed by atoms with Gasteiger partial charge in [0.15, 0.2) is 0 Å². The van der Waals surface area contributed by atoms with Crippen molar-refractivity contribution in [2.24, 2.45) is 0 Å². The Morgan fingerprint density at radius 1 is 1.35 bits per heavy atom. The van der Waals surface area contributed by atoms with E-state index in [-0.39, 0.29) is 0 Å². The molecule has 0 unspecified atom stereocenters. The second-order valence-electron chi connectivity index (χ2n) is 4.30. The molecule has 1 fully saturated rings. The fourth-order valence-electron chi connectivity index (χ4n) is 2.03. The third-order valence-electron chi connectivity index (χ3n) is 3.02. The molecule has 0 aliphatic carbocycles. The lowest BCUT2D eigenvalue weighted by molar-refractivity contribution is 0.573. The van der Waals surface area contributed by atoms with Crippen LogP contribution in [-0.2, 0) is 0 Å². The van der Waals surface area contributed by atoms with E-state index < -0.39 is 0 Å². The summed E-state index contributed by atoms with van der Waals surface area (Å²) in [5, 5.41) is 8.67. The van der Waals surface area contributed by atoms with Gasteiger partial charge >= 0.3 is 0 Å². The topological polar surface area (TPSA) is 56.1 Å². The first-order valence-electron chi connectivity index (χ1n) is 5.96. The largest absolute Gasteiger partial charge is 0.356 e. The van der Waals surface area contributed by atoms with Crippen molar-refractivity contribution in [3.05, 3.63) is 12.4 Å². The van der Waals surface area contributed by atoms with Crippen molar-refractivity contribution in [1.82, 2.24) is 9.97 Å². The predicted octanol–water partition coefficient (Wildman–Crippen LogP) is 1.43. The molecule has 0 N–H and O–H groups in total. The van der Waals surface area contributed by atoms with Crippen molar-refractivity contribution in [1.29, 1.82) is 5.26 Å². The van der Waals surface area contributed by atoms with Crippen LogP contribution in [0.5, 0.6) is 0 Å². The Bertz CT molecular complexity index is 406. The highest BCUT2D eigenvalue weighted by Gasteiger charge is 2.13. The molecule has 0 amide bonds. The van der Waals surface area contributed by atoms with Crippen LogP contribution >= 0.6 is 0 Å². The number of anilines is 2. The van der Waals surface area contributed by atoms with Crippen molar-refractivity contribution >= 4 is 11.6 Å². The zero-order chi connectivity index (χ0) is 12.1. The van der Waals surface area contributed by atoms with Gasteiger partial charge in [0.25, 0.3) is 0 Å². The molecule has 17 heavy (non-hydrogen) atoms. The summed E-state index contributed by atoms with van der Waals surface area (Å²) in [4.78, 5) is 12.6. The number of piperidine rings is 1. The molecule has 2 heterocycles. The summed E-state index contributed by atoms with van der Waals surface area (Å²) in [6, 6.07) is 4.08. The molecular formula is C12H17N5. The third kappa shape index (κ3) is 2.84. The average Bonchev–Trinajstić information content (AvgIpc) is 2.40. The number of nitrogens with zero attached hydrogens (tertiary/aromatic N) is 5. The molecular weight excluding hydrogens is 214 g/mol. The van der Waals surface area contributed by atoms with Gasteiger partial charge in [0.2, 0.25) is 0 Å². The van der Waals surface area contributed by atoms with E-state index in [0.29, 0.717) is 6.54 Å². The summed E-state index contributed by atoms with van der Waals surface area (Å²) < 4.78 is 0. The zero-order valence-electron chi connectivity index (χ0n) is 10.1. The Morgan fingerprint density at radius 3 is 2.82 bits per heavy atom. The smallest absolute Gasteiger partial charge is 0.134 e. The molecule has 5 heteroatoms. The second kappa shape index (κ2) is 5.48. The van der Waals surface area contributed by atoms with Crippen molar-refractivity contribution in [2.75, 3.05) is 36.5 Å². The van der Waals surface area contributed by atoms with Crippen LogP contribution in [-0.4, -0.2) is 36.6 Å². The molecule has 90 valence electrons. The van der Waals surface area contributed by atoms with Crippen molar-refractivity contribution in [3.63, 3.8) is 0 Å². The Labute approximate surface area is 102 Å². The molecule has 0 aromatic carbocycles. The lowest BCUT2D eigenvalue weighted by atomic mass is 10.1. The lowest BCUT2D eigenvalue weighted by Gasteiger charge is -2.28. The summed E-state index contributed by atoms with van der Waals surface area (Å²) in [5.41, 5.74) is 0. The Hall–Kier alpha value is -1.83. The van der Waals surface area contributed by atoms with Gasteiger partial charge in [-0.1, -0.05) is 0 Å². The van der Waals surface area contributed by atoms with Crippen molar-refractivity contribution < 1.29 is 0 Å². The summed E-state index contributed by atoms with van der Waals surface area (Å²) in [7, 11) is 1.87. The number of hydrogen-bond donors (Lipinski definition) is 0. The van der Waals surface area contributed by atoms with Gasteiger partial charge in [-0.2, -0.15) is 5.26 Å². The van der Waals surface area contributed by atoms with E-state index in [9.17, 15) is 0 Å². The Balaban J connectivity index is 2.13. The minimum Gasteiger partial charge on any atom is -0.356 e. The predicted molar refractivity (Wildman–Crippen MR) is 67.0 cm³/mol. The highest BCUT2D eigenvalue weighted by atomic mass is 15.2. The van der Waals surface area contributed by atoms with Crippen LogP contribution in [0, 0.1) is 11.3 Å². The number of aromatic nitrogens is 2. The van der Waals surface area contributed by atoms with Crippen LogP contribution in [0.4, 0.5) is 11.6 Å². The normalized spacial score (nSPS) is 15.4. The Kier molecular flexibility index (Phi) is 3.76. The van der Waals surface area contributed by atoms with Gasteiger partial charge in [0.05, 0.1) is 6.07 Å². The van der Waals surface area contributed by atoms with Crippen molar-refractivity contribution in [2.45, 2.75) is 19.3 Å². The summed E-state index contributed by atoms with van der Waals surface area (Å²) in [6.07, 6.45) is 5.34. The minimum absolute atomic E-state index is 0.344. The van der Waals surface area contributed by atoms with Crippen LogP contribution in [0.2, 0.25) is 0 Å². The van der Waals surface area contributed by atoms with E-state index >= 15 is 0 Å². The maximum atomic E-state index is 8.67. The van der Waals surface area contributed by atoms with Crippen LogP contribution in [0.1, 0.15) is 19.3 Å². The van der Waals surface area contributed by atoms with Gasteiger partial charge in [-0.3, -0.25) is 0 Å². The van der Waals surface area contributed by atoms with Gasteiger partial charge in [-0.25, -0.2) is 9.97 Å². The standard InChI is InChI=1S/C12H17N5/c1-16(8-5-13)11-9-12(15-10-14-11)17-6-3-2-4-7-17/h9-10H,2-4,6-8H2,1H3. The molecule has 1 aliphatic heterocycles. The molecule has 0 bridgehead atoms. The first kappa shape index (κ1) is 11.6. The first-order valence-corrected chi connectivity index (χ1v) is 5.96. The Morgan fingerprint density at radius 2 is 2.12 bits per heavy atom. The molecule has 1 saturated heterocycles. The number of rotatable bonds is 3. The fourth-order valence-corrected chi connectivity index (χ4v) is 2.03. The molecule has 0 spiro atoms. The van der Waals surface area contributed by atoms with Crippen LogP contribution < -0.4 is 9.80 Å². The summed E-state index contributed by atoms with van der Waals surface area (Å²) in [6.45, 7) is 2.48. The maximum Gasteiger partial charge on any atom is 0.134 e. The third-order valence-corrected chi connectivity index (χ3v) is 3.02. The van der Waals surface area contributed by atoms with E-state index in [2.05, 4.69) is 20.9 Å². The van der Waals surface area contributed by atoms with E-state index in [1.165, 1.54) is 19.3 Å².